The van der Waals surface area contributed by atoms with Crippen molar-refractivity contribution in [1.82, 2.24) is 0 Å². The SMILES string of the molecule is O=[N+]([O-])c1ccc(OCCOC2CCS(=O)(=O)CC2)cc1. The quantitative estimate of drug-likeness (QED) is 0.449. The summed E-state index contributed by atoms with van der Waals surface area (Å²) in [6, 6.07) is 5.82. The molecule has 0 atom stereocenters. The van der Waals surface area contributed by atoms with Crippen LogP contribution in [0.3, 0.4) is 0 Å². The number of rotatable bonds is 6. The van der Waals surface area contributed by atoms with Gasteiger partial charge in [-0.15, -0.1) is 0 Å². The van der Waals surface area contributed by atoms with E-state index in [1.807, 2.05) is 0 Å². The Kier molecular flexibility index (Phi) is 5.13. The maximum absolute atomic E-state index is 11.3. The third kappa shape index (κ3) is 4.98. The molecule has 7 nitrogen and oxygen atoms in total. The maximum Gasteiger partial charge on any atom is 0.269 e. The second-order valence-corrected chi connectivity index (χ2v) is 7.13. The van der Waals surface area contributed by atoms with Crippen molar-refractivity contribution in [2.75, 3.05) is 24.7 Å². The number of hydrogen-bond acceptors (Lipinski definition) is 6. The molecule has 0 bridgehead atoms. The minimum Gasteiger partial charge on any atom is -0.491 e. The van der Waals surface area contributed by atoms with E-state index in [0.717, 1.165) is 0 Å². The van der Waals surface area contributed by atoms with Gasteiger partial charge < -0.3 is 9.47 Å². The summed E-state index contributed by atoms with van der Waals surface area (Å²) < 4.78 is 33.5. The number of nitro groups is 1. The molecule has 0 N–H and O–H groups in total. The molecule has 1 fully saturated rings. The van der Waals surface area contributed by atoms with Crippen molar-refractivity contribution in [2.24, 2.45) is 0 Å². The van der Waals surface area contributed by atoms with Crippen LogP contribution in [-0.4, -0.2) is 44.2 Å². The van der Waals surface area contributed by atoms with Gasteiger partial charge in [0.05, 0.1) is 29.1 Å². The molecule has 0 saturated carbocycles. The van der Waals surface area contributed by atoms with Crippen molar-refractivity contribution in [1.29, 1.82) is 0 Å². The summed E-state index contributed by atoms with van der Waals surface area (Å²) in [6.07, 6.45) is 1.02. The van der Waals surface area contributed by atoms with E-state index < -0.39 is 14.8 Å². The standard InChI is InChI=1S/C13H17NO6S/c15-14(16)11-1-3-12(4-2-11)19-7-8-20-13-5-9-21(17,18)10-6-13/h1-4,13H,5-10H2. The van der Waals surface area contributed by atoms with Crippen molar-refractivity contribution in [3.63, 3.8) is 0 Å². The summed E-state index contributed by atoms with van der Waals surface area (Å²) in [6.45, 7) is 0.683. The predicted molar refractivity (Wildman–Crippen MR) is 76.2 cm³/mol. The highest BCUT2D eigenvalue weighted by Gasteiger charge is 2.23. The first-order valence-corrected chi connectivity index (χ1v) is 8.48. The molecule has 8 heteroatoms. The van der Waals surface area contributed by atoms with Crippen LogP contribution in [0.2, 0.25) is 0 Å². The van der Waals surface area contributed by atoms with E-state index in [-0.39, 0.29) is 23.3 Å². The molecule has 0 aromatic heterocycles. The molecule has 1 heterocycles. The Balaban J connectivity index is 1.67. The van der Waals surface area contributed by atoms with Gasteiger partial charge in [0.15, 0.2) is 9.84 Å². The lowest BCUT2D eigenvalue weighted by Crippen LogP contribution is -2.29. The predicted octanol–water partition coefficient (Wildman–Crippen LogP) is 1.57. The summed E-state index contributed by atoms with van der Waals surface area (Å²) in [7, 11) is -2.87. The number of non-ortho nitro benzene ring substituents is 1. The third-order valence-electron chi connectivity index (χ3n) is 3.25. The van der Waals surface area contributed by atoms with Crippen molar-refractivity contribution in [3.05, 3.63) is 34.4 Å². The third-order valence-corrected chi connectivity index (χ3v) is 4.97. The first kappa shape index (κ1) is 15.7. The Morgan fingerprint density at radius 3 is 2.33 bits per heavy atom. The van der Waals surface area contributed by atoms with Gasteiger partial charge in [-0.2, -0.15) is 0 Å². The summed E-state index contributed by atoms with van der Waals surface area (Å²) in [5.41, 5.74) is 0.0158. The molecular weight excluding hydrogens is 298 g/mol. The van der Waals surface area contributed by atoms with Gasteiger partial charge >= 0.3 is 0 Å². The molecule has 0 radical (unpaired) electrons. The van der Waals surface area contributed by atoms with Gasteiger partial charge in [0, 0.05) is 12.1 Å². The number of sulfone groups is 1. The minimum absolute atomic E-state index is 0.0158. The average molecular weight is 315 g/mol. The summed E-state index contributed by atoms with van der Waals surface area (Å²) in [5, 5.41) is 10.5. The Bertz CT molecular complexity index is 569. The molecule has 0 aliphatic carbocycles. The van der Waals surface area contributed by atoms with Crippen LogP contribution in [0.15, 0.2) is 24.3 Å². The first-order valence-electron chi connectivity index (χ1n) is 6.65. The summed E-state index contributed by atoms with van der Waals surface area (Å²) >= 11 is 0. The molecule has 116 valence electrons. The molecule has 1 aliphatic heterocycles. The lowest BCUT2D eigenvalue weighted by atomic mass is 10.2. The van der Waals surface area contributed by atoms with E-state index in [2.05, 4.69) is 0 Å². The summed E-state index contributed by atoms with van der Waals surface area (Å²) in [5.74, 6) is 0.900. The van der Waals surface area contributed by atoms with Gasteiger partial charge in [-0.05, 0) is 25.0 Å². The molecule has 0 unspecified atom stereocenters. The zero-order valence-corrected chi connectivity index (χ0v) is 12.3. The molecule has 0 amide bonds. The van der Waals surface area contributed by atoms with Gasteiger partial charge in [0.1, 0.15) is 12.4 Å². The van der Waals surface area contributed by atoms with Gasteiger partial charge in [0.2, 0.25) is 0 Å². The highest BCUT2D eigenvalue weighted by atomic mass is 32.2. The van der Waals surface area contributed by atoms with Crippen LogP contribution < -0.4 is 4.74 Å². The van der Waals surface area contributed by atoms with E-state index >= 15 is 0 Å². The van der Waals surface area contributed by atoms with E-state index in [1.165, 1.54) is 24.3 Å². The molecule has 1 aliphatic rings. The van der Waals surface area contributed by atoms with E-state index in [1.54, 1.807) is 0 Å². The number of benzene rings is 1. The highest BCUT2D eigenvalue weighted by molar-refractivity contribution is 7.91. The largest absolute Gasteiger partial charge is 0.491 e. The smallest absolute Gasteiger partial charge is 0.269 e. The van der Waals surface area contributed by atoms with E-state index in [9.17, 15) is 18.5 Å². The molecule has 1 saturated heterocycles. The number of nitrogens with zero attached hydrogens (tertiary/aromatic N) is 1. The number of ether oxygens (including phenoxy) is 2. The minimum atomic E-state index is -2.87. The molecular formula is C13H17NO6S. The van der Waals surface area contributed by atoms with Gasteiger partial charge in [-0.1, -0.05) is 0 Å². The highest BCUT2D eigenvalue weighted by Crippen LogP contribution is 2.18. The van der Waals surface area contributed by atoms with Crippen LogP contribution in [0.25, 0.3) is 0 Å². The normalized spacial score (nSPS) is 18.3. The van der Waals surface area contributed by atoms with Crippen LogP contribution in [0.1, 0.15) is 12.8 Å². The van der Waals surface area contributed by atoms with Crippen molar-refractivity contribution >= 4 is 15.5 Å². The zero-order valence-electron chi connectivity index (χ0n) is 11.4. The second-order valence-electron chi connectivity index (χ2n) is 4.82. The van der Waals surface area contributed by atoms with Crippen molar-refractivity contribution in [2.45, 2.75) is 18.9 Å². The van der Waals surface area contributed by atoms with E-state index in [4.69, 9.17) is 9.47 Å². The lowest BCUT2D eigenvalue weighted by Gasteiger charge is -2.22. The van der Waals surface area contributed by atoms with Crippen LogP contribution in [0.4, 0.5) is 5.69 Å². The van der Waals surface area contributed by atoms with Crippen LogP contribution in [0.5, 0.6) is 5.75 Å². The van der Waals surface area contributed by atoms with Crippen molar-refractivity contribution < 1.29 is 22.8 Å². The Hall–Kier alpha value is -1.67. The van der Waals surface area contributed by atoms with Gasteiger partial charge in [-0.3, -0.25) is 10.1 Å². The van der Waals surface area contributed by atoms with Crippen LogP contribution in [0, 0.1) is 10.1 Å². The number of nitro benzene ring substituents is 1. The Morgan fingerprint density at radius 2 is 1.76 bits per heavy atom. The van der Waals surface area contributed by atoms with Gasteiger partial charge in [-0.25, -0.2) is 8.42 Å². The van der Waals surface area contributed by atoms with Crippen molar-refractivity contribution in [3.8, 4) is 5.75 Å². The fourth-order valence-corrected chi connectivity index (χ4v) is 3.52. The first-order chi connectivity index (χ1) is 9.96. The maximum atomic E-state index is 11.3. The molecule has 2 rings (SSSR count). The Labute approximate surface area is 122 Å². The monoisotopic (exact) mass is 315 g/mol. The van der Waals surface area contributed by atoms with Crippen LogP contribution >= 0.6 is 0 Å². The Morgan fingerprint density at radius 1 is 1.14 bits per heavy atom. The topological polar surface area (TPSA) is 95.7 Å². The zero-order chi connectivity index (χ0) is 15.3. The lowest BCUT2D eigenvalue weighted by molar-refractivity contribution is -0.384. The van der Waals surface area contributed by atoms with Crippen LogP contribution in [-0.2, 0) is 14.6 Å². The second kappa shape index (κ2) is 6.86. The molecule has 1 aromatic rings. The average Bonchev–Trinajstić information content (AvgIpc) is 2.45. The molecule has 0 spiro atoms. The van der Waals surface area contributed by atoms with Gasteiger partial charge in [0.25, 0.3) is 5.69 Å². The number of hydrogen-bond donors (Lipinski definition) is 0. The fraction of sp³-hybridized carbons (Fsp3) is 0.538. The summed E-state index contributed by atoms with van der Waals surface area (Å²) in [4.78, 5) is 10.0. The molecule has 1 aromatic carbocycles. The van der Waals surface area contributed by atoms with E-state index in [0.29, 0.717) is 31.8 Å². The fourth-order valence-electron chi connectivity index (χ4n) is 2.07. The molecule has 21 heavy (non-hydrogen) atoms.